The number of anilines is 1. The highest BCUT2D eigenvalue weighted by Gasteiger charge is 2.46. The van der Waals surface area contributed by atoms with Crippen LogP contribution in [0.25, 0.3) is 0 Å². The monoisotopic (exact) mass is 285 g/mol. The highest BCUT2D eigenvalue weighted by molar-refractivity contribution is 6.68. The van der Waals surface area contributed by atoms with E-state index in [4.69, 9.17) is 40.5 Å². The van der Waals surface area contributed by atoms with Crippen LogP contribution in [0.5, 0.6) is 5.75 Å². The molecular weight excluding hydrogens is 276 g/mol. The molecule has 0 aliphatic carbocycles. The molecule has 5 N–H and O–H groups in total. The zero-order chi connectivity index (χ0) is 12.6. The summed E-state index contributed by atoms with van der Waals surface area (Å²) in [5.41, 5.74) is 5.97. The first-order chi connectivity index (χ1) is 7.13. The maximum Gasteiger partial charge on any atom is 0.243 e. The van der Waals surface area contributed by atoms with Gasteiger partial charge in [0.1, 0.15) is 5.75 Å². The number of aromatic hydroxyl groups is 1. The van der Waals surface area contributed by atoms with E-state index in [9.17, 15) is 15.3 Å². The van der Waals surface area contributed by atoms with Gasteiger partial charge >= 0.3 is 0 Å². The summed E-state index contributed by atoms with van der Waals surface area (Å²) in [6.45, 7) is 0. The van der Waals surface area contributed by atoms with Gasteiger partial charge in [-0.3, -0.25) is 0 Å². The van der Waals surface area contributed by atoms with Crippen molar-refractivity contribution in [1.29, 1.82) is 0 Å². The van der Waals surface area contributed by atoms with Crippen LogP contribution in [0.2, 0.25) is 0 Å². The van der Waals surface area contributed by atoms with Crippen molar-refractivity contribution in [2.45, 2.75) is 16.0 Å². The van der Waals surface area contributed by atoms with Gasteiger partial charge in [0.15, 0.2) is 0 Å². The number of alkyl halides is 3. The number of benzene rings is 1. The molecule has 0 fully saturated rings. The lowest BCUT2D eigenvalue weighted by Crippen LogP contribution is -2.44. The van der Waals surface area contributed by atoms with Gasteiger partial charge in [-0.05, 0) is 11.6 Å². The Morgan fingerprint density at radius 1 is 1.19 bits per heavy atom. The molecule has 0 saturated carbocycles. The van der Waals surface area contributed by atoms with Crippen LogP contribution in [0.4, 0.5) is 5.69 Å². The van der Waals surface area contributed by atoms with E-state index in [1.165, 1.54) is 18.2 Å². The molecule has 4 nitrogen and oxygen atoms in total. The Morgan fingerprint density at radius 2 is 1.75 bits per heavy atom. The number of nitrogen functional groups attached to an aromatic ring is 1. The molecule has 1 aromatic rings. The third-order valence-corrected chi connectivity index (χ3v) is 2.91. The van der Waals surface area contributed by atoms with Crippen molar-refractivity contribution in [3.05, 3.63) is 23.8 Å². The first-order valence-corrected chi connectivity index (χ1v) is 5.36. The molecule has 0 heterocycles. The fourth-order valence-electron chi connectivity index (χ4n) is 1.10. The van der Waals surface area contributed by atoms with Crippen molar-refractivity contribution >= 4 is 40.5 Å². The predicted molar refractivity (Wildman–Crippen MR) is 63.7 cm³/mol. The Balaban J connectivity index is 2.97. The number of rotatable bonds is 2. The molecule has 1 aromatic carbocycles. The van der Waals surface area contributed by atoms with Gasteiger partial charge in [-0.25, -0.2) is 0 Å². The molecule has 0 bridgehead atoms. The molecule has 0 spiro atoms. The van der Waals surface area contributed by atoms with E-state index >= 15 is 0 Å². The molecule has 0 unspecified atom stereocenters. The molecule has 0 atom stereocenters. The van der Waals surface area contributed by atoms with Gasteiger partial charge in [-0.2, -0.15) is 0 Å². The minimum atomic E-state index is -2.58. The van der Waals surface area contributed by atoms with Crippen LogP contribution in [0, 0.1) is 0 Å². The molecule has 0 aliphatic heterocycles. The lowest BCUT2D eigenvalue weighted by atomic mass is 10.0. The number of hydrogen-bond acceptors (Lipinski definition) is 4. The Kier molecular flexibility index (Phi) is 3.82. The molecule has 0 aliphatic rings. The van der Waals surface area contributed by atoms with Gasteiger partial charge in [0.2, 0.25) is 9.58 Å². The van der Waals surface area contributed by atoms with Crippen molar-refractivity contribution in [2.75, 3.05) is 5.73 Å². The van der Waals surface area contributed by atoms with Crippen molar-refractivity contribution in [3.8, 4) is 5.75 Å². The quantitative estimate of drug-likeness (QED) is 0.377. The van der Waals surface area contributed by atoms with Crippen molar-refractivity contribution in [1.82, 2.24) is 0 Å². The van der Waals surface area contributed by atoms with Crippen LogP contribution in [0.3, 0.4) is 0 Å². The fraction of sp³-hybridized carbons (Fsp3) is 0.333. The third kappa shape index (κ3) is 3.06. The van der Waals surface area contributed by atoms with Gasteiger partial charge in [0.05, 0.1) is 0 Å². The van der Waals surface area contributed by atoms with Gasteiger partial charge in [0, 0.05) is 18.2 Å². The maximum atomic E-state index is 9.52. The van der Waals surface area contributed by atoms with Crippen LogP contribution in [0.1, 0.15) is 5.56 Å². The van der Waals surface area contributed by atoms with E-state index < -0.39 is 16.0 Å². The second-order valence-corrected chi connectivity index (χ2v) is 5.66. The largest absolute Gasteiger partial charge is 0.508 e. The zero-order valence-electron chi connectivity index (χ0n) is 7.99. The zero-order valence-corrected chi connectivity index (χ0v) is 10.3. The first kappa shape index (κ1) is 13.7. The Morgan fingerprint density at radius 3 is 2.19 bits per heavy atom. The third-order valence-electron chi connectivity index (χ3n) is 2.00. The molecule has 90 valence electrons. The molecule has 0 amide bonds. The van der Waals surface area contributed by atoms with Crippen molar-refractivity contribution in [2.24, 2.45) is 0 Å². The standard InChI is InChI=1S/C9H10Cl3NO3/c10-9(11,12)8(15,16)4-5-1-2-6(13)3-7(5)14/h1-3,14-16H,4,13H2. The van der Waals surface area contributed by atoms with Crippen LogP contribution in [-0.2, 0) is 6.42 Å². The van der Waals surface area contributed by atoms with E-state index in [1.54, 1.807) is 0 Å². The number of phenolic OH excluding ortho intramolecular Hbond substituents is 1. The van der Waals surface area contributed by atoms with Gasteiger partial charge < -0.3 is 21.1 Å². The molecule has 0 aromatic heterocycles. The minimum absolute atomic E-state index is 0.193. The van der Waals surface area contributed by atoms with Crippen LogP contribution < -0.4 is 5.73 Å². The number of hydrogen-bond donors (Lipinski definition) is 4. The predicted octanol–water partition coefficient (Wildman–Crippen LogP) is 1.57. The highest BCUT2D eigenvalue weighted by atomic mass is 35.6. The molecule has 16 heavy (non-hydrogen) atoms. The average molecular weight is 287 g/mol. The number of aliphatic hydroxyl groups is 2. The summed E-state index contributed by atoms with van der Waals surface area (Å²) < 4.78 is -2.28. The van der Waals surface area contributed by atoms with Gasteiger partial charge in [0.25, 0.3) is 0 Å². The number of halogens is 3. The van der Waals surface area contributed by atoms with Crippen LogP contribution in [0.15, 0.2) is 18.2 Å². The van der Waals surface area contributed by atoms with Gasteiger partial charge in [-0.1, -0.05) is 40.9 Å². The van der Waals surface area contributed by atoms with E-state index in [0.717, 1.165) is 0 Å². The Hall–Kier alpha value is -0.390. The van der Waals surface area contributed by atoms with Crippen LogP contribution >= 0.6 is 34.8 Å². The smallest absolute Gasteiger partial charge is 0.243 e. The number of nitrogens with two attached hydrogens (primary N) is 1. The summed E-state index contributed by atoms with van der Waals surface area (Å²) in [7, 11) is 0. The average Bonchev–Trinajstić information content (AvgIpc) is 2.08. The van der Waals surface area contributed by atoms with Gasteiger partial charge in [-0.15, -0.1) is 0 Å². The van der Waals surface area contributed by atoms with E-state index in [-0.39, 0.29) is 11.3 Å². The summed E-state index contributed by atoms with van der Waals surface area (Å²) in [5, 5.41) is 28.5. The Labute approximate surface area is 107 Å². The SMILES string of the molecule is Nc1ccc(CC(O)(O)C(Cl)(Cl)Cl)c(O)c1. The lowest BCUT2D eigenvalue weighted by molar-refractivity contribution is -0.155. The van der Waals surface area contributed by atoms with E-state index in [1.807, 2.05) is 0 Å². The normalized spacial score (nSPS) is 12.8. The van der Waals surface area contributed by atoms with Crippen LogP contribution in [-0.4, -0.2) is 24.9 Å². The topological polar surface area (TPSA) is 86.7 Å². The maximum absolute atomic E-state index is 9.52. The molecule has 1 rings (SSSR count). The summed E-state index contributed by atoms with van der Waals surface area (Å²) in [4.78, 5) is 0. The summed E-state index contributed by atoms with van der Waals surface area (Å²) in [5.74, 6) is -2.77. The second kappa shape index (κ2) is 4.47. The number of phenols is 1. The molecule has 0 radical (unpaired) electrons. The highest BCUT2D eigenvalue weighted by Crippen LogP contribution is 2.39. The fourth-order valence-corrected chi connectivity index (χ4v) is 1.30. The molecule has 0 saturated heterocycles. The lowest BCUT2D eigenvalue weighted by Gasteiger charge is -2.29. The first-order valence-electron chi connectivity index (χ1n) is 4.22. The second-order valence-electron chi connectivity index (χ2n) is 3.38. The summed E-state index contributed by atoms with van der Waals surface area (Å²) in [6.07, 6.45) is -0.435. The van der Waals surface area contributed by atoms with Crippen molar-refractivity contribution < 1.29 is 15.3 Å². The minimum Gasteiger partial charge on any atom is -0.508 e. The molecule has 7 heteroatoms. The summed E-state index contributed by atoms with van der Waals surface area (Å²) in [6, 6.07) is 4.18. The molecular formula is C9H10Cl3NO3. The Bertz CT molecular complexity index is 390. The van der Waals surface area contributed by atoms with E-state index in [2.05, 4.69) is 0 Å². The van der Waals surface area contributed by atoms with Crippen molar-refractivity contribution in [3.63, 3.8) is 0 Å². The van der Waals surface area contributed by atoms with E-state index in [0.29, 0.717) is 5.69 Å². The summed E-state index contributed by atoms with van der Waals surface area (Å²) >= 11 is 16.1.